The number of aryl methyl sites for hydroxylation is 2. The van der Waals surface area contributed by atoms with E-state index in [1.807, 2.05) is 30.3 Å². The van der Waals surface area contributed by atoms with Crippen LogP contribution in [0.5, 0.6) is 0 Å². The fourth-order valence-electron chi connectivity index (χ4n) is 3.80. The van der Waals surface area contributed by atoms with Crippen molar-refractivity contribution < 1.29 is 4.39 Å². The molecule has 0 aromatic heterocycles. The topological polar surface area (TPSA) is 0 Å². The van der Waals surface area contributed by atoms with Crippen LogP contribution in [-0.2, 0) is 12.8 Å². The number of halogens is 1. The zero-order chi connectivity index (χ0) is 24.0. The van der Waals surface area contributed by atoms with Crippen molar-refractivity contribution in [3.05, 3.63) is 106 Å². The molecule has 0 spiro atoms. The van der Waals surface area contributed by atoms with E-state index in [-0.39, 0.29) is 5.82 Å². The lowest BCUT2D eigenvalue weighted by molar-refractivity contribution is 0.624. The van der Waals surface area contributed by atoms with E-state index in [0.717, 1.165) is 24.0 Å². The van der Waals surface area contributed by atoms with Crippen LogP contribution >= 0.6 is 0 Å². The summed E-state index contributed by atoms with van der Waals surface area (Å²) in [5.74, 6) is 11.9. The summed E-state index contributed by atoms with van der Waals surface area (Å²) in [7, 11) is 0. The highest BCUT2D eigenvalue weighted by Crippen LogP contribution is 2.12. The number of benzene rings is 3. The molecule has 0 fully saturated rings. The van der Waals surface area contributed by atoms with Gasteiger partial charge in [0, 0.05) is 16.7 Å². The minimum Gasteiger partial charge on any atom is -0.206 e. The van der Waals surface area contributed by atoms with Gasteiger partial charge in [0.1, 0.15) is 5.82 Å². The maximum absolute atomic E-state index is 14.6. The number of hydrogen-bond donors (Lipinski definition) is 0. The number of hydrogen-bond acceptors (Lipinski definition) is 0. The van der Waals surface area contributed by atoms with E-state index in [1.165, 1.54) is 62.1 Å². The molecule has 3 rings (SSSR count). The second kappa shape index (κ2) is 14.1. The first-order valence-corrected chi connectivity index (χ1v) is 12.7. The quantitative estimate of drug-likeness (QED) is 0.226. The van der Waals surface area contributed by atoms with Crippen LogP contribution in [0.4, 0.5) is 4.39 Å². The van der Waals surface area contributed by atoms with Crippen LogP contribution in [0.2, 0.25) is 0 Å². The molecule has 3 aromatic carbocycles. The minimum atomic E-state index is -0.335. The summed E-state index contributed by atoms with van der Waals surface area (Å²) in [6.45, 7) is 4.44. The van der Waals surface area contributed by atoms with Crippen LogP contribution in [0.3, 0.4) is 0 Å². The van der Waals surface area contributed by atoms with Gasteiger partial charge in [0.2, 0.25) is 0 Å². The van der Waals surface area contributed by atoms with Crippen LogP contribution in [0.1, 0.15) is 92.2 Å². The molecule has 1 heteroatoms. The molecule has 0 heterocycles. The Hall–Kier alpha value is -3.29. The molecule has 0 aliphatic carbocycles. The summed E-state index contributed by atoms with van der Waals surface area (Å²) in [5.41, 5.74) is 5.56. The molecule has 174 valence electrons. The highest BCUT2D eigenvalue weighted by molar-refractivity contribution is 5.49. The van der Waals surface area contributed by atoms with E-state index in [9.17, 15) is 4.39 Å². The fourth-order valence-corrected chi connectivity index (χ4v) is 3.80. The van der Waals surface area contributed by atoms with Crippen molar-refractivity contribution >= 4 is 0 Å². The normalized spacial score (nSPS) is 10.2. The van der Waals surface area contributed by atoms with Crippen LogP contribution in [0, 0.1) is 29.5 Å². The molecule has 0 bridgehead atoms. The fraction of sp³-hybridized carbons (Fsp3) is 0.333. The average Bonchev–Trinajstić information content (AvgIpc) is 2.87. The molecule has 0 atom stereocenters. The molecule has 0 aliphatic heterocycles. The van der Waals surface area contributed by atoms with Crippen molar-refractivity contribution in [2.75, 3.05) is 0 Å². The van der Waals surface area contributed by atoms with E-state index < -0.39 is 0 Å². The number of rotatable bonds is 9. The van der Waals surface area contributed by atoms with E-state index in [0.29, 0.717) is 11.1 Å². The van der Waals surface area contributed by atoms with Crippen molar-refractivity contribution in [2.45, 2.75) is 71.6 Å². The van der Waals surface area contributed by atoms with Gasteiger partial charge in [-0.3, -0.25) is 0 Å². The van der Waals surface area contributed by atoms with Crippen LogP contribution < -0.4 is 0 Å². The Bertz CT molecular complexity index is 1150. The van der Waals surface area contributed by atoms with Crippen LogP contribution in [0.15, 0.2) is 66.7 Å². The molecule has 0 aliphatic rings. The van der Waals surface area contributed by atoms with Crippen molar-refractivity contribution in [1.29, 1.82) is 0 Å². The molecule has 0 nitrogen and oxygen atoms in total. The van der Waals surface area contributed by atoms with Gasteiger partial charge in [-0.25, -0.2) is 4.39 Å². The lowest BCUT2D eigenvalue weighted by atomic mass is 10.0. The van der Waals surface area contributed by atoms with Gasteiger partial charge in [-0.2, -0.15) is 0 Å². The summed E-state index contributed by atoms with van der Waals surface area (Å²) in [6, 6.07) is 21.6. The Morgan fingerprint density at radius 1 is 0.529 bits per heavy atom. The zero-order valence-electron chi connectivity index (χ0n) is 20.6. The largest absolute Gasteiger partial charge is 0.206 e. The Morgan fingerprint density at radius 3 is 1.62 bits per heavy atom. The molecule has 0 radical (unpaired) electrons. The Labute approximate surface area is 205 Å². The molecule has 0 saturated heterocycles. The standard InChI is InChI=1S/C33H35F/c1-3-5-7-8-9-11-28-14-18-30(19-15-28)22-24-32-25-23-31(26-33(32)34)21-20-29-16-12-27(13-17-29)10-6-4-2/h12-19,23,25-26H,3-11H2,1-2H3. The van der Waals surface area contributed by atoms with Crippen LogP contribution in [0.25, 0.3) is 0 Å². The SMILES string of the molecule is CCCCCCCc1ccc(C#Cc2ccc(C#Cc3ccc(CCCC)cc3)cc2F)cc1. The predicted octanol–water partition coefficient (Wildman–Crippen LogP) is 8.48. The Kier molecular flexibility index (Phi) is 10.5. The summed E-state index contributed by atoms with van der Waals surface area (Å²) < 4.78 is 14.6. The van der Waals surface area contributed by atoms with Gasteiger partial charge in [-0.05, 0) is 79.3 Å². The van der Waals surface area contributed by atoms with Gasteiger partial charge in [0.25, 0.3) is 0 Å². The van der Waals surface area contributed by atoms with E-state index >= 15 is 0 Å². The second-order valence-electron chi connectivity index (χ2n) is 8.86. The third-order valence-corrected chi connectivity index (χ3v) is 5.96. The van der Waals surface area contributed by atoms with E-state index in [1.54, 1.807) is 6.07 Å². The molecule has 3 aromatic rings. The molecule has 0 N–H and O–H groups in total. The first kappa shape index (κ1) is 25.3. The molecular formula is C33H35F. The van der Waals surface area contributed by atoms with Gasteiger partial charge < -0.3 is 0 Å². The van der Waals surface area contributed by atoms with Crippen molar-refractivity contribution in [3.63, 3.8) is 0 Å². The summed E-state index contributed by atoms with van der Waals surface area (Å²) >= 11 is 0. The highest BCUT2D eigenvalue weighted by Gasteiger charge is 2.00. The summed E-state index contributed by atoms with van der Waals surface area (Å²) in [5, 5.41) is 0. The Balaban J connectivity index is 1.57. The van der Waals surface area contributed by atoms with Gasteiger partial charge in [0.05, 0.1) is 5.56 Å². The lowest BCUT2D eigenvalue weighted by Crippen LogP contribution is -1.88. The highest BCUT2D eigenvalue weighted by atomic mass is 19.1. The Morgan fingerprint density at radius 2 is 1.03 bits per heavy atom. The average molecular weight is 451 g/mol. The maximum Gasteiger partial charge on any atom is 0.140 e. The van der Waals surface area contributed by atoms with Gasteiger partial charge >= 0.3 is 0 Å². The lowest BCUT2D eigenvalue weighted by Gasteiger charge is -2.02. The summed E-state index contributed by atoms with van der Waals surface area (Å²) in [4.78, 5) is 0. The van der Waals surface area contributed by atoms with Gasteiger partial charge in [0.15, 0.2) is 0 Å². The van der Waals surface area contributed by atoms with Gasteiger partial charge in [-0.15, -0.1) is 0 Å². The predicted molar refractivity (Wildman–Crippen MR) is 142 cm³/mol. The molecular weight excluding hydrogens is 415 g/mol. The van der Waals surface area contributed by atoms with Crippen molar-refractivity contribution in [3.8, 4) is 23.7 Å². The zero-order valence-corrected chi connectivity index (χ0v) is 20.6. The third kappa shape index (κ3) is 8.57. The van der Waals surface area contributed by atoms with Gasteiger partial charge in [-0.1, -0.05) is 93.9 Å². The molecule has 0 saturated carbocycles. The maximum atomic E-state index is 14.6. The first-order chi connectivity index (χ1) is 16.7. The minimum absolute atomic E-state index is 0.335. The summed E-state index contributed by atoms with van der Waals surface area (Å²) in [6.07, 6.45) is 11.0. The number of unbranched alkanes of at least 4 members (excludes halogenated alkanes) is 5. The van der Waals surface area contributed by atoms with E-state index in [2.05, 4.69) is 61.8 Å². The third-order valence-electron chi connectivity index (χ3n) is 5.96. The molecule has 34 heavy (non-hydrogen) atoms. The molecule has 0 unspecified atom stereocenters. The van der Waals surface area contributed by atoms with Crippen molar-refractivity contribution in [2.24, 2.45) is 0 Å². The first-order valence-electron chi connectivity index (χ1n) is 12.7. The van der Waals surface area contributed by atoms with Crippen LogP contribution in [-0.4, -0.2) is 0 Å². The molecule has 0 amide bonds. The smallest absolute Gasteiger partial charge is 0.140 e. The monoisotopic (exact) mass is 450 g/mol. The van der Waals surface area contributed by atoms with Crippen molar-refractivity contribution in [1.82, 2.24) is 0 Å². The van der Waals surface area contributed by atoms with E-state index in [4.69, 9.17) is 0 Å². The second-order valence-corrected chi connectivity index (χ2v) is 8.86.